The standard InChI is InChI=1S/C14H23NO6/c1-4-18-12(16)6-7-14(20-8-9-21-14)10-11(3)15-13(17)19-5-2/h6-7,11H,4-5,8-10H2,1-3H3,(H,15,17)/b7-6+/t11-/m1/s1. The fraction of sp³-hybridized carbons (Fsp3) is 0.714. The monoisotopic (exact) mass is 301 g/mol. The average molecular weight is 301 g/mol. The number of carbonyl (C=O) groups is 2. The molecule has 120 valence electrons. The van der Waals surface area contributed by atoms with Crippen molar-refractivity contribution in [3.8, 4) is 0 Å². The van der Waals surface area contributed by atoms with E-state index in [9.17, 15) is 9.59 Å². The number of rotatable bonds is 7. The van der Waals surface area contributed by atoms with Gasteiger partial charge in [0.05, 0.1) is 26.4 Å². The Labute approximate surface area is 124 Å². The quantitative estimate of drug-likeness (QED) is 0.565. The Balaban J connectivity index is 2.59. The van der Waals surface area contributed by atoms with Crippen LogP contribution in [0.3, 0.4) is 0 Å². The lowest BCUT2D eigenvalue weighted by Gasteiger charge is -2.27. The van der Waals surface area contributed by atoms with Crippen LogP contribution in [0.15, 0.2) is 12.2 Å². The molecule has 0 unspecified atom stereocenters. The van der Waals surface area contributed by atoms with Crippen LogP contribution in [0.2, 0.25) is 0 Å². The molecule has 0 aromatic rings. The molecule has 0 radical (unpaired) electrons. The van der Waals surface area contributed by atoms with E-state index in [2.05, 4.69) is 5.32 Å². The van der Waals surface area contributed by atoms with Crippen LogP contribution in [0.5, 0.6) is 0 Å². The van der Waals surface area contributed by atoms with E-state index < -0.39 is 17.8 Å². The number of amides is 1. The van der Waals surface area contributed by atoms with Gasteiger partial charge in [0, 0.05) is 18.5 Å². The molecular weight excluding hydrogens is 278 g/mol. The third-order valence-corrected chi connectivity index (χ3v) is 2.77. The maximum atomic E-state index is 11.4. The number of hydrogen-bond acceptors (Lipinski definition) is 6. The van der Waals surface area contributed by atoms with Crippen LogP contribution < -0.4 is 5.32 Å². The van der Waals surface area contributed by atoms with E-state index in [0.29, 0.717) is 32.8 Å². The summed E-state index contributed by atoms with van der Waals surface area (Å²) in [7, 11) is 0. The van der Waals surface area contributed by atoms with Crippen molar-refractivity contribution in [2.24, 2.45) is 0 Å². The molecule has 1 aliphatic rings. The van der Waals surface area contributed by atoms with E-state index in [0.717, 1.165) is 0 Å². The van der Waals surface area contributed by atoms with Gasteiger partial charge in [-0.3, -0.25) is 0 Å². The Morgan fingerprint density at radius 2 is 1.86 bits per heavy atom. The van der Waals surface area contributed by atoms with Crippen molar-refractivity contribution in [1.82, 2.24) is 5.32 Å². The lowest BCUT2D eigenvalue weighted by Crippen LogP contribution is -2.41. The molecule has 0 aromatic heterocycles. The zero-order valence-corrected chi connectivity index (χ0v) is 12.7. The Hall–Kier alpha value is -1.60. The first-order chi connectivity index (χ1) is 10.0. The van der Waals surface area contributed by atoms with E-state index >= 15 is 0 Å². The first-order valence-corrected chi connectivity index (χ1v) is 7.08. The van der Waals surface area contributed by atoms with Crippen LogP contribution in [0.4, 0.5) is 4.79 Å². The summed E-state index contributed by atoms with van der Waals surface area (Å²) in [6, 6.07) is -0.242. The summed E-state index contributed by atoms with van der Waals surface area (Å²) in [5.41, 5.74) is 0. The molecule has 1 saturated heterocycles. The summed E-state index contributed by atoms with van der Waals surface area (Å²) in [6.07, 6.45) is 2.68. The predicted octanol–water partition coefficient (Wildman–Crippen LogP) is 1.37. The molecular formula is C14H23NO6. The van der Waals surface area contributed by atoms with E-state index in [-0.39, 0.29) is 6.04 Å². The number of nitrogens with one attached hydrogen (secondary N) is 1. The number of hydrogen-bond donors (Lipinski definition) is 1. The summed E-state index contributed by atoms with van der Waals surface area (Å²) in [5.74, 6) is -1.48. The third-order valence-electron chi connectivity index (χ3n) is 2.77. The molecule has 0 saturated carbocycles. The van der Waals surface area contributed by atoms with E-state index in [1.165, 1.54) is 12.2 Å². The lowest BCUT2D eigenvalue weighted by molar-refractivity contribution is -0.139. The van der Waals surface area contributed by atoms with Gasteiger partial charge in [0.25, 0.3) is 0 Å². The molecule has 1 fully saturated rings. The van der Waals surface area contributed by atoms with Crippen molar-refractivity contribution in [3.05, 3.63) is 12.2 Å². The molecule has 1 N–H and O–H groups in total. The summed E-state index contributed by atoms with van der Waals surface area (Å²) in [4.78, 5) is 22.8. The Morgan fingerprint density at radius 3 is 2.43 bits per heavy atom. The molecule has 1 rings (SSSR count). The average Bonchev–Trinajstić information content (AvgIpc) is 2.85. The fourth-order valence-electron chi connectivity index (χ4n) is 1.99. The molecule has 0 spiro atoms. The maximum Gasteiger partial charge on any atom is 0.407 e. The molecule has 0 bridgehead atoms. The third kappa shape index (κ3) is 6.14. The number of alkyl carbamates (subject to hydrolysis) is 1. The Bertz CT molecular complexity index is 376. The van der Waals surface area contributed by atoms with E-state index in [1.807, 2.05) is 6.92 Å². The van der Waals surface area contributed by atoms with E-state index in [4.69, 9.17) is 18.9 Å². The molecule has 0 aliphatic carbocycles. The van der Waals surface area contributed by atoms with Crippen LogP contribution in [0, 0.1) is 0 Å². The molecule has 21 heavy (non-hydrogen) atoms. The highest BCUT2D eigenvalue weighted by Crippen LogP contribution is 2.26. The van der Waals surface area contributed by atoms with Gasteiger partial charge in [-0.05, 0) is 26.8 Å². The Kier molecular flexibility index (Phi) is 7.18. The van der Waals surface area contributed by atoms with Crippen LogP contribution in [0.1, 0.15) is 27.2 Å². The number of esters is 1. The van der Waals surface area contributed by atoms with Crippen molar-refractivity contribution < 1.29 is 28.5 Å². The minimum Gasteiger partial charge on any atom is -0.463 e. The van der Waals surface area contributed by atoms with E-state index in [1.54, 1.807) is 13.8 Å². The van der Waals surface area contributed by atoms with Gasteiger partial charge in [-0.2, -0.15) is 0 Å². The minimum absolute atomic E-state index is 0.242. The topological polar surface area (TPSA) is 83.1 Å². The smallest absolute Gasteiger partial charge is 0.407 e. The van der Waals surface area contributed by atoms with Crippen molar-refractivity contribution in [2.45, 2.75) is 39.0 Å². The SMILES string of the molecule is CCOC(=O)/C=C/C1(C[C@@H](C)NC(=O)OCC)OCCO1. The molecule has 1 amide bonds. The van der Waals surface area contributed by atoms with Gasteiger partial charge < -0.3 is 24.3 Å². The second-order valence-electron chi connectivity index (χ2n) is 4.56. The second kappa shape index (κ2) is 8.63. The zero-order valence-electron chi connectivity index (χ0n) is 12.7. The lowest BCUT2D eigenvalue weighted by atomic mass is 10.1. The van der Waals surface area contributed by atoms with Crippen molar-refractivity contribution in [1.29, 1.82) is 0 Å². The van der Waals surface area contributed by atoms with Gasteiger partial charge in [-0.1, -0.05) is 0 Å². The first-order valence-electron chi connectivity index (χ1n) is 7.08. The summed E-state index contributed by atoms with van der Waals surface area (Å²) in [6.45, 7) is 6.74. The van der Waals surface area contributed by atoms with Gasteiger partial charge >= 0.3 is 12.1 Å². The highest BCUT2D eigenvalue weighted by Gasteiger charge is 2.36. The largest absolute Gasteiger partial charge is 0.463 e. The van der Waals surface area contributed by atoms with Crippen molar-refractivity contribution >= 4 is 12.1 Å². The van der Waals surface area contributed by atoms with Gasteiger partial charge in [0.1, 0.15) is 0 Å². The maximum absolute atomic E-state index is 11.4. The summed E-state index contributed by atoms with van der Waals surface area (Å²) < 4.78 is 20.8. The van der Waals surface area contributed by atoms with Gasteiger partial charge in [0.15, 0.2) is 5.79 Å². The summed E-state index contributed by atoms with van der Waals surface area (Å²) in [5, 5.41) is 2.67. The minimum atomic E-state index is -1.02. The molecule has 1 heterocycles. The highest BCUT2D eigenvalue weighted by molar-refractivity contribution is 5.82. The van der Waals surface area contributed by atoms with Crippen LogP contribution in [-0.2, 0) is 23.7 Å². The number of ether oxygens (including phenoxy) is 4. The van der Waals surface area contributed by atoms with Gasteiger partial charge in [-0.25, -0.2) is 9.59 Å². The van der Waals surface area contributed by atoms with Gasteiger partial charge in [-0.15, -0.1) is 0 Å². The molecule has 1 aliphatic heterocycles. The molecule has 1 atom stereocenters. The van der Waals surface area contributed by atoms with Crippen molar-refractivity contribution in [3.63, 3.8) is 0 Å². The molecule has 0 aromatic carbocycles. The van der Waals surface area contributed by atoms with Crippen LogP contribution >= 0.6 is 0 Å². The van der Waals surface area contributed by atoms with Crippen LogP contribution in [0.25, 0.3) is 0 Å². The molecule has 7 heteroatoms. The normalized spacial score (nSPS) is 18.4. The van der Waals surface area contributed by atoms with Crippen LogP contribution in [-0.4, -0.2) is 50.3 Å². The second-order valence-corrected chi connectivity index (χ2v) is 4.56. The van der Waals surface area contributed by atoms with Crippen molar-refractivity contribution in [2.75, 3.05) is 26.4 Å². The van der Waals surface area contributed by atoms with Gasteiger partial charge in [0.2, 0.25) is 0 Å². The highest BCUT2D eigenvalue weighted by atomic mass is 16.7. The fourth-order valence-corrected chi connectivity index (χ4v) is 1.99. The molecule has 7 nitrogen and oxygen atoms in total. The zero-order chi connectivity index (χ0) is 15.7. The number of carbonyl (C=O) groups excluding carboxylic acids is 2. The Morgan fingerprint density at radius 1 is 1.24 bits per heavy atom. The first kappa shape index (κ1) is 17.5. The predicted molar refractivity (Wildman–Crippen MR) is 74.6 cm³/mol. The summed E-state index contributed by atoms with van der Waals surface area (Å²) >= 11 is 0.